The second-order valence-corrected chi connectivity index (χ2v) is 6.60. The Bertz CT molecular complexity index is 123. The van der Waals surface area contributed by atoms with E-state index in [4.69, 9.17) is 0 Å². The minimum absolute atomic E-state index is 1.36. The highest BCUT2D eigenvalue weighted by molar-refractivity contribution is 4.47. The zero-order chi connectivity index (χ0) is 16.0. The Morgan fingerprint density at radius 1 is 0.238 bits per heavy atom. The molecule has 0 aromatic carbocycles. The SMILES string of the molecule is CCCCCC.CCCCCCCCCCCCCCC. The second-order valence-electron chi connectivity index (χ2n) is 6.60. The van der Waals surface area contributed by atoms with Crippen LogP contribution in [0.4, 0.5) is 0 Å². The fourth-order valence-electron chi connectivity index (χ4n) is 2.59. The van der Waals surface area contributed by atoms with Crippen LogP contribution >= 0.6 is 0 Å². The molecule has 0 atom stereocenters. The molecule has 0 aliphatic rings. The Morgan fingerprint density at radius 2 is 0.381 bits per heavy atom. The van der Waals surface area contributed by atoms with E-state index < -0.39 is 0 Å². The van der Waals surface area contributed by atoms with Crippen LogP contribution < -0.4 is 0 Å². The number of hydrogen-bond acceptors (Lipinski definition) is 0. The third-order valence-corrected chi connectivity index (χ3v) is 4.16. The van der Waals surface area contributed by atoms with Gasteiger partial charge in [-0.05, 0) is 0 Å². The zero-order valence-electron chi connectivity index (χ0n) is 16.0. The quantitative estimate of drug-likeness (QED) is 0.265. The molecule has 0 unspecified atom stereocenters. The molecule has 0 aromatic heterocycles. The van der Waals surface area contributed by atoms with Gasteiger partial charge >= 0.3 is 0 Å². The summed E-state index contributed by atoms with van der Waals surface area (Å²) in [6.07, 6.45) is 24.5. The fraction of sp³-hybridized carbons (Fsp3) is 1.00. The first-order valence-corrected chi connectivity index (χ1v) is 10.3. The van der Waals surface area contributed by atoms with Crippen LogP contribution in [0, 0.1) is 0 Å². The lowest BCUT2D eigenvalue weighted by molar-refractivity contribution is 0.542. The first-order valence-electron chi connectivity index (χ1n) is 10.3. The minimum Gasteiger partial charge on any atom is -0.0654 e. The van der Waals surface area contributed by atoms with Gasteiger partial charge in [-0.15, -0.1) is 0 Å². The maximum atomic E-state index is 2.29. The molecule has 0 heteroatoms. The molecule has 130 valence electrons. The molecule has 0 radical (unpaired) electrons. The lowest BCUT2D eigenvalue weighted by Crippen LogP contribution is -1.82. The maximum Gasteiger partial charge on any atom is -0.0533 e. The molecule has 0 aliphatic carbocycles. The second kappa shape index (κ2) is 25.0. The predicted molar refractivity (Wildman–Crippen MR) is 101 cm³/mol. The highest BCUT2D eigenvalue weighted by atomic mass is 14.0. The van der Waals surface area contributed by atoms with Crippen LogP contribution in [-0.2, 0) is 0 Å². The van der Waals surface area contributed by atoms with E-state index in [1.54, 1.807) is 0 Å². The summed E-state index contributed by atoms with van der Waals surface area (Å²) in [5.74, 6) is 0. The molecule has 0 saturated heterocycles. The molecule has 0 aromatic rings. The Morgan fingerprint density at radius 3 is 0.571 bits per heavy atom. The Labute approximate surface area is 137 Å². The van der Waals surface area contributed by atoms with E-state index >= 15 is 0 Å². The highest BCUT2D eigenvalue weighted by Crippen LogP contribution is 2.12. The summed E-state index contributed by atoms with van der Waals surface area (Å²) in [7, 11) is 0. The van der Waals surface area contributed by atoms with E-state index in [1.165, 1.54) is 109 Å². The van der Waals surface area contributed by atoms with Crippen LogP contribution in [0.15, 0.2) is 0 Å². The Kier molecular flexibility index (Phi) is 27.7. The van der Waals surface area contributed by atoms with Crippen LogP contribution in [-0.4, -0.2) is 0 Å². The van der Waals surface area contributed by atoms with Gasteiger partial charge in [0.25, 0.3) is 0 Å². The van der Waals surface area contributed by atoms with Crippen molar-refractivity contribution in [2.24, 2.45) is 0 Å². The van der Waals surface area contributed by atoms with Gasteiger partial charge in [0.15, 0.2) is 0 Å². The molecule has 0 N–H and O–H groups in total. The first kappa shape index (κ1) is 23.3. The average molecular weight is 299 g/mol. The maximum absolute atomic E-state index is 2.29. The Hall–Kier alpha value is 0. The van der Waals surface area contributed by atoms with Gasteiger partial charge in [0.2, 0.25) is 0 Å². The van der Waals surface area contributed by atoms with Gasteiger partial charge in [-0.1, -0.05) is 137 Å². The molecular formula is C21H46. The lowest BCUT2D eigenvalue weighted by Gasteiger charge is -2.01. The lowest BCUT2D eigenvalue weighted by atomic mass is 10.1. The van der Waals surface area contributed by atoms with E-state index in [0.29, 0.717) is 0 Å². The summed E-state index contributed by atoms with van der Waals surface area (Å²) < 4.78 is 0. The van der Waals surface area contributed by atoms with E-state index in [0.717, 1.165) is 0 Å². The van der Waals surface area contributed by atoms with Gasteiger partial charge in [0.05, 0.1) is 0 Å². The molecule has 0 rings (SSSR count). The van der Waals surface area contributed by atoms with E-state index in [9.17, 15) is 0 Å². The van der Waals surface area contributed by atoms with Gasteiger partial charge in [-0.3, -0.25) is 0 Å². The predicted octanol–water partition coefficient (Wildman–Crippen LogP) is 8.68. The van der Waals surface area contributed by atoms with Crippen molar-refractivity contribution in [3.63, 3.8) is 0 Å². The standard InChI is InChI=1S/C15H32.C6H14/c1-3-5-7-9-11-13-15-14-12-10-8-6-4-2;1-3-5-6-4-2/h3-15H2,1-2H3;3-6H2,1-2H3. The van der Waals surface area contributed by atoms with Crippen LogP contribution in [0.25, 0.3) is 0 Å². The van der Waals surface area contributed by atoms with Crippen LogP contribution in [0.1, 0.15) is 137 Å². The van der Waals surface area contributed by atoms with Crippen LogP contribution in [0.3, 0.4) is 0 Å². The van der Waals surface area contributed by atoms with Gasteiger partial charge in [-0.2, -0.15) is 0 Å². The van der Waals surface area contributed by atoms with Crippen molar-refractivity contribution < 1.29 is 0 Å². The monoisotopic (exact) mass is 298 g/mol. The molecule has 0 amide bonds. The first-order chi connectivity index (χ1) is 10.3. The van der Waals surface area contributed by atoms with E-state index in [-0.39, 0.29) is 0 Å². The molecule has 0 fully saturated rings. The summed E-state index contributed by atoms with van der Waals surface area (Å²) in [6, 6.07) is 0. The third kappa shape index (κ3) is 28.8. The molecule has 0 aliphatic heterocycles. The highest BCUT2D eigenvalue weighted by Gasteiger charge is 1.92. The molecule has 0 nitrogen and oxygen atoms in total. The van der Waals surface area contributed by atoms with E-state index in [1.807, 2.05) is 0 Å². The van der Waals surface area contributed by atoms with Gasteiger partial charge in [0.1, 0.15) is 0 Å². The van der Waals surface area contributed by atoms with Crippen molar-refractivity contribution in [1.82, 2.24) is 0 Å². The van der Waals surface area contributed by atoms with Crippen LogP contribution in [0.2, 0.25) is 0 Å². The van der Waals surface area contributed by atoms with Crippen molar-refractivity contribution in [3.8, 4) is 0 Å². The number of hydrogen-bond donors (Lipinski definition) is 0. The molecule has 21 heavy (non-hydrogen) atoms. The molecule has 0 heterocycles. The number of unbranched alkanes of at least 4 members (excludes halogenated alkanes) is 15. The van der Waals surface area contributed by atoms with Gasteiger partial charge in [-0.25, -0.2) is 0 Å². The number of rotatable bonds is 15. The third-order valence-electron chi connectivity index (χ3n) is 4.16. The molecule has 0 saturated carbocycles. The topological polar surface area (TPSA) is 0 Å². The van der Waals surface area contributed by atoms with Crippen molar-refractivity contribution in [2.45, 2.75) is 137 Å². The Balaban J connectivity index is 0. The van der Waals surface area contributed by atoms with Gasteiger partial charge in [0, 0.05) is 0 Å². The molecule has 0 bridgehead atoms. The van der Waals surface area contributed by atoms with Crippen molar-refractivity contribution >= 4 is 0 Å². The van der Waals surface area contributed by atoms with Crippen molar-refractivity contribution in [1.29, 1.82) is 0 Å². The smallest absolute Gasteiger partial charge is 0.0533 e. The normalized spacial score (nSPS) is 10.3. The largest absolute Gasteiger partial charge is 0.0654 e. The molecule has 0 spiro atoms. The summed E-state index contributed by atoms with van der Waals surface area (Å²) in [5, 5.41) is 0. The summed E-state index contributed by atoms with van der Waals surface area (Å²) in [5.41, 5.74) is 0. The molecular weight excluding hydrogens is 252 g/mol. The van der Waals surface area contributed by atoms with E-state index in [2.05, 4.69) is 27.7 Å². The summed E-state index contributed by atoms with van der Waals surface area (Å²) in [6.45, 7) is 9.04. The average Bonchev–Trinajstić information content (AvgIpc) is 2.51. The van der Waals surface area contributed by atoms with Crippen molar-refractivity contribution in [2.75, 3.05) is 0 Å². The minimum atomic E-state index is 1.36. The summed E-state index contributed by atoms with van der Waals surface area (Å²) >= 11 is 0. The van der Waals surface area contributed by atoms with Crippen molar-refractivity contribution in [3.05, 3.63) is 0 Å². The zero-order valence-corrected chi connectivity index (χ0v) is 16.0. The summed E-state index contributed by atoms with van der Waals surface area (Å²) in [4.78, 5) is 0. The van der Waals surface area contributed by atoms with Crippen LogP contribution in [0.5, 0.6) is 0 Å². The van der Waals surface area contributed by atoms with Gasteiger partial charge < -0.3 is 0 Å². The fourth-order valence-corrected chi connectivity index (χ4v) is 2.59.